The van der Waals surface area contributed by atoms with Gasteiger partial charge in [-0.15, -0.1) is 0 Å². The normalized spacial score (nSPS) is 20.0. The van der Waals surface area contributed by atoms with Gasteiger partial charge in [0.25, 0.3) is 0 Å². The van der Waals surface area contributed by atoms with Gasteiger partial charge in [-0.1, -0.05) is 61.9 Å². The molecule has 2 aliphatic rings. The highest BCUT2D eigenvalue weighted by molar-refractivity contribution is 6.05. The molecule has 0 bridgehead atoms. The van der Waals surface area contributed by atoms with Crippen molar-refractivity contribution in [1.82, 2.24) is 0 Å². The lowest BCUT2D eigenvalue weighted by atomic mass is 9.95. The average Bonchev–Trinajstić information content (AvgIpc) is 3.20. The van der Waals surface area contributed by atoms with Crippen molar-refractivity contribution in [3.05, 3.63) is 101 Å². The van der Waals surface area contributed by atoms with E-state index in [-0.39, 0.29) is 11.3 Å². The molecule has 1 heterocycles. The summed E-state index contributed by atoms with van der Waals surface area (Å²) in [5.74, 6) is -0.318. The molecular formula is C35H40FN3O. The van der Waals surface area contributed by atoms with Crippen LogP contribution in [-0.2, 0) is 6.42 Å². The van der Waals surface area contributed by atoms with Crippen molar-refractivity contribution < 1.29 is 9.18 Å². The minimum atomic E-state index is -0.513. The number of azo groups is 1. The van der Waals surface area contributed by atoms with Crippen LogP contribution in [0.3, 0.4) is 0 Å². The molecule has 1 unspecified atom stereocenters. The number of fused-ring (bicyclic) bond motifs is 1. The fraction of sp³-hybridized carbons (Fsp3) is 0.371. The minimum absolute atomic E-state index is 0.0884. The third-order valence-corrected chi connectivity index (χ3v) is 7.67. The first kappa shape index (κ1) is 29.3. The largest absolute Gasteiger partial charge is 0.289 e. The topological polar surface area (TPSA) is 54.1 Å². The molecule has 1 aliphatic heterocycles. The number of ketones is 1. The molecule has 4 nitrogen and oxygen atoms in total. The van der Waals surface area contributed by atoms with Crippen LogP contribution in [-0.4, -0.2) is 18.5 Å². The Morgan fingerprint density at radius 3 is 2.67 bits per heavy atom. The zero-order chi connectivity index (χ0) is 28.3. The Morgan fingerprint density at radius 1 is 1.07 bits per heavy atom. The number of hydrogen-bond donors (Lipinski definition) is 0. The van der Waals surface area contributed by atoms with E-state index in [9.17, 15) is 9.18 Å². The maximum Gasteiger partial charge on any atom is 0.188 e. The van der Waals surface area contributed by atoms with Crippen molar-refractivity contribution in [2.75, 3.05) is 6.54 Å². The second-order valence-electron chi connectivity index (χ2n) is 10.5. The van der Waals surface area contributed by atoms with E-state index in [0.29, 0.717) is 11.5 Å². The van der Waals surface area contributed by atoms with Gasteiger partial charge in [0, 0.05) is 12.6 Å². The number of aliphatic imine (C=N–C) groups is 1. The number of carbonyl (C=O) groups excluding carboxylic acids is 1. The molecule has 0 N–H and O–H groups in total. The van der Waals surface area contributed by atoms with Crippen molar-refractivity contribution in [2.45, 2.75) is 72.1 Å². The summed E-state index contributed by atoms with van der Waals surface area (Å²) in [5, 5.41) is 9.06. The summed E-state index contributed by atoms with van der Waals surface area (Å²) < 4.78 is 14.7. The summed E-state index contributed by atoms with van der Waals surface area (Å²) in [6.45, 7) is 6.91. The first-order chi connectivity index (χ1) is 19.5. The number of carbonyl (C=O) groups is 1. The van der Waals surface area contributed by atoms with Gasteiger partial charge < -0.3 is 0 Å². The van der Waals surface area contributed by atoms with Crippen LogP contribution in [0, 0.1) is 11.7 Å². The standard InChI is InChI=1S/C35H40FN3O/c1-4-7-11-35(40)32-17-16-28(22-33(32)36)29-14-15-30-21-31(38-39-34(30)23-29)20-27-10-8-9-26(12-13-27)18-19-37-24-25(5-2)6-3/h5,7,11,14-18,20,22-24,27H,4,6,8-10,12-13,19,21H2,1-3H3/b11-7+,25-5-,26-18-,31-20?,37-24?. The van der Waals surface area contributed by atoms with Crippen LogP contribution in [0.25, 0.3) is 11.1 Å². The van der Waals surface area contributed by atoms with E-state index in [2.05, 4.69) is 53.4 Å². The Bertz CT molecular complexity index is 1390. The van der Waals surface area contributed by atoms with Crippen LogP contribution in [0.15, 0.2) is 98.8 Å². The second kappa shape index (κ2) is 14.6. The van der Waals surface area contributed by atoms with Crippen LogP contribution in [0.4, 0.5) is 10.1 Å². The SMILES string of the molecule is C/C=C(\C=NC/C=C1/CCCC(C=C2Cc3ccc(-c4ccc(C(=O)/C=C/CC)c(F)c4)cc3N=N2)CC1)CC. The first-order valence-electron chi connectivity index (χ1n) is 14.6. The van der Waals surface area contributed by atoms with Gasteiger partial charge in [-0.2, -0.15) is 10.2 Å². The Labute approximate surface area is 238 Å². The van der Waals surface area contributed by atoms with Gasteiger partial charge in [-0.05, 0) is 104 Å². The molecule has 208 valence electrons. The fourth-order valence-electron chi connectivity index (χ4n) is 5.23. The van der Waals surface area contributed by atoms with Crippen molar-refractivity contribution in [3.8, 4) is 11.1 Å². The predicted molar refractivity (Wildman–Crippen MR) is 164 cm³/mol. The highest BCUT2D eigenvalue weighted by Crippen LogP contribution is 2.35. The lowest BCUT2D eigenvalue weighted by Crippen LogP contribution is -2.00. The summed E-state index contributed by atoms with van der Waals surface area (Å²) in [6.07, 6.45) is 20.2. The maximum absolute atomic E-state index is 14.7. The summed E-state index contributed by atoms with van der Waals surface area (Å²) >= 11 is 0. The zero-order valence-corrected chi connectivity index (χ0v) is 24.0. The summed E-state index contributed by atoms with van der Waals surface area (Å²) in [5.41, 5.74) is 7.43. The van der Waals surface area contributed by atoms with Crippen LogP contribution in [0.5, 0.6) is 0 Å². The quantitative estimate of drug-likeness (QED) is 0.103. The lowest BCUT2D eigenvalue weighted by Gasteiger charge is -2.15. The Balaban J connectivity index is 1.38. The third kappa shape index (κ3) is 7.91. The van der Waals surface area contributed by atoms with E-state index in [4.69, 9.17) is 0 Å². The Kier molecular flexibility index (Phi) is 10.7. The van der Waals surface area contributed by atoms with Gasteiger partial charge >= 0.3 is 0 Å². The van der Waals surface area contributed by atoms with Crippen molar-refractivity contribution in [1.29, 1.82) is 0 Å². The number of nitrogens with zero attached hydrogens (tertiary/aromatic N) is 3. The molecule has 0 saturated heterocycles. The monoisotopic (exact) mass is 537 g/mol. The highest BCUT2D eigenvalue weighted by Gasteiger charge is 2.18. The smallest absolute Gasteiger partial charge is 0.188 e. The molecule has 40 heavy (non-hydrogen) atoms. The van der Waals surface area contributed by atoms with Crippen molar-refractivity contribution in [3.63, 3.8) is 0 Å². The van der Waals surface area contributed by atoms with Gasteiger partial charge in [0.05, 0.1) is 23.5 Å². The lowest BCUT2D eigenvalue weighted by molar-refractivity contribution is 0.104. The summed E-state index contributed by atoms with van der Waals surface area (Å²) in [4.78, 5) is 16.8. The van der Waals surface area contributed by atoms with Gasteiger partial charge in [0.2, 0.25) is 0 Å². The van der Waals surface area contributed by atoms with Crippen LogP contribution in [0.2, 0.25) is 0 Å². The first-order valence-corrected chi connectivity index (χ1v) is 14.6. The maximum atomic E-state index is 14.7. The molecule has 1 aliphatic carbocycles. The Hall–Kier alpha value is -3.73. The Morgan fingerprint density at radius 2 is 1.90 bits per heavy atom. The van der Waals surface area contributed by atoms with E-state index in [1.54, 1.807) is 18.2 Å². The van der Waals surface area contributed by atoms with Crippen LogP contribution < -0.4 is 0 Å². The number of halogens is 1. The molecule has 2 aromatic carbocycles. The summed E-state index contributed by atoms with van der Waals surface area (Å²) in [7, 11) is 0. The predicted octanol–water partition coefficient (Wildman–Crippen LogP) is 10.1. The van der Waals surface area contributed by atoms with Crippen molar-refractivity contribution in [2.24, 2.45) is 21.1 Å². The van der Waals surface area contributed by atoms with E-state index in [1.807, 2.05) is 25.3 Å². The highest BCUT2D eigenvalue weighted by atomic mass is 19.1. The van der Waals surface area contributed by atoms with Gasteiger partial charge in [-0.3, -0.25) is 9.79 Å². The van der Waals surface area contributed by atoms with Gasteiger partial charge in [-0.25, -0.2) is 4.39 Å². The number of rotatable bonds is 9. The van der Waals surface area contributed by atoms with Crippen molar-refractivity contribution >= 4 is 17.7 Å². The number of allylic oxidation sites excluding steroid dienone is 7. The van der Waals surface area contributed by atoms with E-state index in [0.717, 1.165) is 67.6 Å². The zero-order valence-electron chi connectivity index (χ0n) is 24.0. The molecule has 5 heteroatoms. The second-order valence-corrected chi connectivity index (χ2v) is 10.5. The molecule has 0 amide bonds. The molecule has 0 aromatic heterocycles. The van der Waals surface area contributed by atoms with Crippen LogP contribution >= 0.6 is 0 Å². The number of hydrogen-bond acceptors (Lipinski definition) is 4. The molecule has 1 saturated carbocycles. The molecular weight excluding hydrogens is 497 g/mol. The fourth-order valence-corrected chi connectivity index (χ4v) is 5.23. The third-order valence-electron chi connectivity index (χ3n) is 7.67. The van der Waals surface area contributed by atoms with E-state index < -0.39 is 5.82 Å². The van der Waals surface area contributed by atoms with Crippen LogP contribution in [0.1, 0.15) is 81.6 Å². The van der Waals surface area contributed by atoms with Gasteiger partial charge in [0.1, 0.15) is 5.82 Å². The average molecular weight is 538 g/mol. The molecule has 2 aromatic rings. The molecule has 4 rings (SSSR count). The molecule has 1 atom stereocenters. The molecule has 1 fully saturated rings. The summed E-state index contributed by atoms with van der Waals surface area (Å²) in [6, 6.07) is 10.8. The molecule has 0 radical (unpaired) electrons. The number of benzene rings is 2. The van der Waals surface area contributed by atoms with Gasteiger partial charge in [0.15, 0.2) is 5.78 Å². The van der Waals surface area contributed by atoms with E-state index in [1.165, 1.54) is 36.1 Å². The minimum Gasteiger partial charge on any atom is -0.289 e. The van der Waals surface area contributed by atoms with E-state index >= 15 is 0 Å². The molecule has 0 spiro atoms.